The first-order valence-electron chi connectivity index (χ1n) is 12.4. The molecule has 2 aliphatic heterocycles. The summed E-state index contributed by atoms with van der Waals surface area (Å²) in [5, 5.41) is 5.06. The van der Waals surface area contributed by atoms with E-state index in [1.54, 1.807) is 13.1 Å². The second kappa shape index (κ2) is 10.8. The van der Waals surface area contributed by atoms with Crippen LogP contribution in [0.25, 0.3) is 11.0 Å². The first kappa shape index (κ1) is 26.4. The Kier molecular flexibility index (Phi) is 7.71. The zero-order valence-corrected chi connectivity index (χ0v) is 21.6. The van der Waals surface area contributed by atoms with E-state index in [-0.39, 0.29) is 24.1 Å². The number of imide groups is 1. The van der Waals surface area contributed by atoms with Gasteiger partial charge in [0.15, 0.2) is 0 Å². The molecule has 37 heavy (non-hydrogen) atoms. The fourth-order valence-electron chi connectivity index (χ4n) is 4.48. The van der Waals surface area contributed by atoms with Gasteiger partial charge in [0.1, 0.15) is 11.6 Å². The molecular weight excluding hydrogens is 478 g/mol. The third-order valence-corrected chi connectivity index (χ3v) is 6.24. The van der Waals surface area contributed by atoms with Crippen molar-refractivity contribution in [2.45, 2.75) is 51.4 Å². The Balaban J connectivity index is 1.39. The Labute approximate surface area is 215 Å². The van der Waals surface area contributed by atoms with Gasteiger partial charge < -0.3 is 14.8 Å². The standard InChI is InChI=1S/C26H33N5O6/c1-26(2,3)37-24(34)27-15-18-16-30(12-13-36-18)11-5-6-17-7-8-19-21(14-17)29(4)25(35)31(19)20-9-10-22(32)28-23(20)33/h7-8,14,18,20H,9-13,15-16H2,1-4H3,(H,27,34)(H,28,32,33). The molecule has 2 N–H and O–H groups in total. The Hall–Kier alpha value is -3.62. The van der Waals surface area contributed by atoms with Gasteiger partial charge in [0, 0.05) is 38.7 Å². The second-order valence-electron chi connectivity index (χ2n) is 10.3. The minimum absolute atomic E-state index is 0.152. The molecule has 198 valence electrons. The molecule has 2 atom stereocenters. The van der Waals surface area contributed by atoms with Crippen molar-refractivity contribution >= 4 is 28.9 Å². The number of benzene rings is 1. The Morgan fingerprint density at radius 2 is 2.03 bits per heavy atom. The van der Waals surface area contributed by atoms with Gasteiger partial charge in [-0.2, -0.15) is 0 Å². The summed E-state index contributed by atoms with van der Waals surface area (Å²) in [6.45, 7) is 8.24. The van der Waals surface area contributed by atoms with E-state index in [1.807, 2.05) is 32.9 Å². The molecule has 11 heteroatoms. The molecule has 1 aromatic carbocycles. The Morgan fingerprint density at radius 3 is 2.76 bits per heavy atom. The number of nitrogens with one attached hydrogen (secondary N) is 2. The van der Waals surface area contributed by atoms with Crippen LogP contribution in [-0.4, -0.2) is 76.4 Å². The van der Waals surface area contributed by atoms with Crippen LogP contribution in [0.2, 0.25) is 0 Å². The van der Waals surface area contributed by atoms with E-state index in [9.17, 15) is 19.2 Å². The van der Waals surface area contributed by atoms with Crippen molar-refractivity contribution in [1.29, 1.82) is 0 Å². The summed E-state index contributed by atoms with van der Waals surface area (Å²) < 4.78 is 14.0. The zero-order valence-electron chi connectivity index (χ0n) is 21.6. The van der Waals surface area contributed by atoms with Crippen LogP contribution in [0.5, 0.6) is 0 Å². The van der Waals surface area contributed by atoms with Crippen molar-refractivity contribution in [3.05, 3.63) is 34.2 Å². The molecular formula is C26H33N5O6. The molecule has 0 bridgehead atoms. The molecule has 0 saturated carbocycles. The number of carbonyl (C=O) groups excluding carboxylic acids is 3. The van der Waals surface area contributed by atoms with Gasteiger partial charge in [-0.15, -0.1) is 0 Å². The maximum Gasteiger partial charge on any atom is 0.407 e. The number of aryl methyl sites for hydroxylation is 1. The lowest BCUT2D eigenvalue weighted by molar-refractivity contribution is -0.135. The van der Waals surface area contributed by atoms with Gasteiger partial charge in [-0.1, -0.05) is 11.8 Å². The fraction of sp³-hybridized carbons (Fsp3) is 0.538. The molecule has 3 heterocycles. The number of aromatic nitrogens is 2. The number of fused-ring (bicyclic) bond motifs is 1. The topological polar surface area (TPSA) is 124 Å². The maximum atomic E-state index is 12.9. The lowest BCUT2D eigenvalue weighted by Gasteiger charge is -2.31. The monoisotopic (exact) mass is 511 g/mol. The minimum Gasteiger partial charge on any atom is -0.444 e. The van der Waals surface area contributed by atoms with E-state index < -0.39 is 23.6 Å². The number of carbonyl (C=O) groups is 3. The lowest BCUT2D eigenvalue weighted by atomic mass is 10.1. The molecule has 0 radical (unpaired) electrons. The Bertz CT molecular complexity index is 1330. The summed E-state index contributed by atoms with van der Waals surface area (Å²) in [5.74, 6) is 5.56. The quantitative estimate of drug-likeness (QED) is 0.462. The molecule has 2 unspecified atom stereocenters. The van der Waals surface area contributed by atoms with Crippen molar-refractivity contribution in [2.75, 3.05) is 32.8 Å². The average molecular weight is 512 g/mol. The summed E-state index contributed by atoms with van der Waals surface area (Å²) in [4.78, 5) is 50.8. The average Bonchev–Trinajstić information content (AvgIpc) is 3.07. The van der Waals surface area contributed by atoms with Crippen LogP contribution in [0.3, 0.4) is 0 Å². The first-order valence-corrected chi connectivity index (χ1v) is 12.4. The van der Waals surface area contributed by atoms with Crippen LogP contribution in [0.1, 0.15) is 45.2 Å². The van der Waals surface area contributed by atoms with Crippen LogP contribution in [0, 0.1) is 11.8 Å². The maximum absolute atomic E-state index is 12.9. The molecule has 3 amide bonds. The highest BCUT2D eigenvalue weighted by molar-refractivity contribution is 6.00. The molecule has 1 aromatic heterocycles. The van der Waals surface area contributed by atoms with Gasteiger partial charge in [-0.05, 0) is 45.4 Å². The highest BCUT2D eigenvalue weighted by Gasteiger charge is 2.31. The number of hydrogen-bond donors (Lipinski definition) is 2. The molecule has 0 aliphatic carbocycles. The zero-order chi connectivity index (χ0) is 26.7. The molecule has 0 spiro atoms. The van der Waals surface area contributed by atoms with Crippen LogP contribution in [0.15, 0.2) is 23.0 Å². The molecule has 2 saturated heterocycles. The minimum atomic E-state index is -0.718. The van der Waals surface area contributed by atoms with Gasteiger partial charge in [0.05, 0.1) is 30.3 Å². The number of hydrogen-bond acceptors (Lipinski definition) is 7. The van der Waals surface area contributed by atoms with E-state index in [0.717, 1.165) is 12.1 Å². The summed E-state index contributed by atoms with van der Waals surface area (Å²) >= 11 is 0. The fourth-order valence-corrected chi connectivity index (χ4v) is 4.48. The summed E-state index contributed by atoms with van der Waals surface area (Å²) in [5.41, 5.74) is 1.18. The third kappa shape index (κ3) is 6.39. The number of amides is 3. The molecule has 2 fully saturated rings. The van der Waals surface area contributed by atoms with Crippen LogP contribution in [-0.2, 0) is 26.1 Å². The predicted molar refractivity (Wildman–Crippen MR) is 136 cm³/mol. The van der Waals surface area contributed by atoms with Gasteiger partial charge >= 0.3 is 11.8 Å². The molecule has 11 nitrogen and oxygen atoms in total. The van der Waals surface area contributed by atoms with E-state index in [1.165, 1.54) is 9.13 Å². The molecule has 4 rings (SSSR count). The summed E-state index contributed by atoms with van der Waals surface area (Å²) in [6.07, 6.45) is -0.133. The number of imidazole rings is 1. The lowest BCUT2D eigenvalue weighted by Crippen LogP contribution is -2.48. The van der Waals surface area contributed by atoms with Crippen LogP contribution < -0.4 is 16.3 Å². The van der Waals surface area contributed by atoms with Gasteiger partial charge in [0.25, 0.3) is 0 Å². The number of alkyl carbamates (subject to hydrolysis) is 1. The van der Waals surface area contributed by atoms with Gasteiger partial charge in [-0.3, -0.25) is 28.9 Å². The predicted octanol–water partition coefficient (Wildman–Crippen LogP) is 0.895. The number of ether oxygens (including phenoxy) is 2. The van der Waals surface area contributed by atoms with E-state index >= 15 is 0 Å². The van der Waals surface area contributed by atoms with Crippen LogP contribution in [0.4, 0.5) is 4.79 Å². The van der Waals surface area contributed by atoms with E-state index in [0.29, 0.717) is 43.7 Å². The van der Waals surface area contributed by atoms with Gasteiger partial charge in [0.2, 0.25) is 11.8 Å². The number of piperidine rings is 1. The number of morpholine rings is 1. The summed E-state index contributed by atoms with van der Waals surface area (Å²) in [6, 6.07) is 4.73. The Morgan fingerprint density at radius 1 is 1.24 bits per heavy atom. The van der Waals surface area contributed by atoms with Crippen molar-refractivity contribution in [3.8, 4) is 11.8 Å². The summed E-state index contributed by atoms with van der Waals surface area (Å²) in [7, 11) is 1.66. The highest BCUT2D eigenvalue weighted by Crippen LogP contribution is 2.23. The van der Waals surface area contributed by atoms with Crippen molar-refractivity contribution in [2.24, 2.45) is 7.05 Å². The van der Waals surface area contributed by atoms with Crippen molar-refractivity contribution in [1.82, 2.24) is 24.7 Å². The van der Waals surface area contributed by atoms with Crippen LogP contribution >= 0.6 is 0 Å². The van der Waals surface area contributed by atoms with E-state index in [2.05, 4.69) is 27.4 Å². The SMILES string of the molecule is Cn1c(=O)n(C2CCC(=O)NC2=O)c2ccc(C#CCN3CCOC(CNC(=O)OC(C)(C)C)C3)cc21. The largest absolute Gasteiger partial charge is 0.444 e. The number of rotatable bonds is 4. The first-order chi connectivity index (χ1) is 17.5. The normalized spacial score (nSPS) is 20.8. The van der Waals surface area contributed by atoms with Gasteiger partial charge in [-0.25, -0.2) is 9.59 Å². The van der Waals surface area contributed by atoms with Crippen molar-refractivity contribution in [3.63, 3.8) is 0 Å². The van der Waals surface area contributed by atoms with Crippen molar-refractivity contribution < 1.29 is 23.9 Å². The third-order valence-electron chi connectivity index (χ3n) is 6.24. The van der Waals surface area contributed by atoms with E-state index in [4.69, 9.17) is 9.47 Å². The smallest absolute Gasteiger partial charge is 0.407 e. The molecule has 2 aromatic rings. The molecule has 2 aliphatic rings. The second-order valence-corrected chi connectivity index (χ2v) is 10.3. The number of nitrogens with zero attached hydrogens (tertiary/aromatic N) is 3. The highest BCUT2D eigenvalue weighted by atomic mass is 16.6.